The normalized spacial score (nSPS) is 25.5. The maximum absolute atomic E-state index is 11.2. The van der Waals surface area contributed by atoms with Crippen molar-refractivity contribution in [2.45, 2.75) is 18.9 Å². The van der Waals surface area contributed by atoms with E-state index in [1.54, 1.807) is 0 Å². The summed E-state index contributed by atoms with van der Waals surface area (Å²) in [5.74, 6) is 0.604. The van der Waals surface area contributed by atoms with Gasteiger partial charge in [-0.1, -0.05) is 6.58 Å². The molecule has 1 N–H and O–H groups in total. The molecule has 0 atom stereocenters. The van der Waals surface area contributed by atoms with Crippen LogP contribution in [0.15, 0.2) is 12.2 Å². The lowest BCUT2D eigenvalue weighted by Crippen LogP contribution is -2.41. The molecule has 2 rings (SSSR count). The highest BCUT2D eigenvalue weighted by molar-refractivity contribution is 7.91. The van der Waals surface area contributed by atoms with Gasteiger partial charge in [0.25, 0.3) is 0 Å². The van der Waals surface area contributed by atoms with Gasteiger partial charge in [0.15, 0.2) is 9.84 Å². The zero-order valence-electron chi connectivity index (χ0n) is 9.61. The van der Waals surface area contributed by atoms with E-state index in [0.717, 1.165) is 18.7 Å². The summed E-state index contributed by atoms with van der Waals surface area (Å²) in [6, 6.07) is 0.707. The van der Waals surface area contributed by atoms with E-state index in [4.69, 9.17) is 0 Å². The van der Waals surface area contributed by atoms with Gasteiger partial charge in [-0.25, -0.2) is 8.42 Å². The Bertz CT molecular complexity index is 346. The second-order valence-electron chi connectivity index (χ2n) is 4.83. The van der Waals surface area contributed by atoms with E-state index in [1.165, 1.54) is 12.8 Å². The molecule has 0 amide bonds. The van der Waals surface area contributed by atoms with Crippen LogP contribution in [0.2, 0.25) is 0 Å². The van der Waals surface area contributed by atoms with Gasteiger partial charge in [0, 0.05) is 32.2 Å². The standard InChI is InChI=1S/C11H20N2O2S/c1-10(8-12-11-2-3-11)9-13-4-6-16(14,15)7-5-13/h11-12H,1-9H2. The molecule has 0 spiro atoms. The van der Waals surface area contributed by atoms with Crippen LogP contribution in [0.1, 0.15) is 12.8 Å². The van der Waals surface area contributed by atoms with Crippen molar-refractivity contribution < 1.29 is 8.42 Å². The quantitative estimate of drug-likeness (QED) is 0.693. The molecular formula is C11H20N2O2S. The summed E-state index contributed by atoms with van der Waals surface area (Å²) in [5.41, 5.74) is 1.16. The second-order valence-corrected chi connectivity index (χ2v) is 7.14. The van der Waals surface area contributed by atoms with Crippen molar-refractivity contribution in [3.8, 4) is 0 Å². The Labute approximate surface area is 97.6 Å². The van der Waals surface area contributed by atoms with Crippen molar-refractivity contribution in [3.05, 3.63) is 12.2 Å². The van der Waals surface area contributed by atoms with Crippen LogP contribution in [-0.4, -0.2) is 57.0 Å². The largest absolute Gasteiger partial charge is 0.310 e. The Morgan fingerprint density at radius 1 is 1.31 bits per heavy atom. The topological polar surface area (TPSA) is 49.4 Å². The Morgan fingerprint density at radius 3 is 2.50 bits per heavy atom. The molecule has 1 heterocycles. The van der Waals surface area contributed by atoms with E-state index in [2.05, 4.69) is 16.8 Å². The summed E-state index contributed by atoms with van der Waals surface area (Å²) in [7, 11) is -2.75. The van der Waals surface area contributed by atoms with Crippen molar-refractivity contribution in [3.63, 3.8) is 0 Å². The van der Waals surface area contributed by atoms with Crippen LogP contribution in [0.5, 0.6) is 0 Å². The summed E-state index contributed by atoms with van der Waals surface area (Å²) in [6.45, 7) is 7.04. The molecule has 4 nitrogen and oxygen atoms in total. The lowest BCUT2D eigenvalue weighted by atomic mass is 10.2. The van der Waals surface area contributed by atoms with Gasteiger partial charge < -0.3 is 5.32 Å². The number of rotatable bonds is 5. The molecule has 0 radical (unpaired) electrons. The molecule has 5 heteroatoms. The summed E-state index contributed by atoms with van der Waals surface area (Å²) in [4.78, 5) is 2.18. The number of hydrogen-bond acceptors (Lipinski definition) is 4. The summed E-state index contributed by atoms with van der Waals surface area (Å²) in [5, 5.41) is 3.42. The monoisotopic (exact) mass is 244 g/mol. The maximum Gasteiger partial charge on any atom is 0.152 e. The predicted molar refractivity (Wildman–Crippen MR) is 65.3 cm³/mol. The lowest BCUT2D eigenvalue weighted by Gasteiger charge is -2.27. The van der Waals surface area contributed by atoms with Crippen molar-refractivity contribution in [2.75, 3.05) is 37.7 Å². The molecule has 1 aliphatic carbocycles. The van der Waals surface area contributed by atoms with Gasteiger partial charge in [0.05, 0.1) is 11.5 Å². The first-order valence-corrected chi connectivity index (χ1v) is 7.70. The van der Waals surface area contributed by atoms with Gasteiger partial charge in [-0.15, -0.1) is 0 Å². The first-order valence-electron chi connectivity index (χ1n) is 5.88. The van der Waals surface area contributed by atoms with E-state index < -0.39 is 9.84 Å². The van der Waals surface area contributed by atoms with Crippen LogP contribution in [0.4, 0.5) is 0 Å². The van der Waals surface area contributed by atoms with Crippen molar-refractivity contribution in [1.29, 1.82) is 0 Å². The number of nitrogens with zero attached hydrogens (tertiary/aromatic N) is 1. The Morgan fingerprint density at radius 2 is 1.94 bits per heavy atom. The first kappa shape index (κ1) is 12.1. The Hall–Kier alpha value is -0.390. The maximum atomic E-state index is 11.2. The van der Waals surface area contributed by atoms with Gasteiger partial charge >= 0.3 is 0 Å². The SMILES string of the molecule is C=C(CNC1CC1)CN1CCS(=O)(=O)CC1. The van der Waals surface area contributed by atoms with Gasteiger partial charge in [-0.05, 0) is 18.4 Å². The van der Waals surface area contributed by atoms with Crippen LogP contribution in [0.3, 0.4) is 0 Å². The highest BCUT2D eigenvalue weighted by atomic mass is 32.2. The van der Waals surface area contributed by atoms with E-state index in [-0.39, 0.29) is 0 Å². The van der Waals surface area contributed by atoms with Crippen LogP contribution in [0, 0.1) is 0 Å². The third-order valence-corrected chi connectivity index (χ3v) is 4.71. The van der Waals surface area contributed by atoms with E-state index in [0.29, 0.717) is 30.6 Å². The third kappa shape index (κ3) is 3.88. The molecular weight excluding hydrogens is 224 g/mol. The first-order chi connectivity index (χ1) is 7.55. The van der Waals surface area contributed by atoms with Gasteiger partial charge in [-0.3, -0.25) is 4.90 Å². The molecule has 2 fully saturated rings. The molecule has 1 saturated carbocycles. The molecule has 0 aromatic rings. The smallest absolute Gasteiger partial charge is 0.152 e. The van der Waals surface area contributed by atoms with E-state index in [9.17, 15) is 8.42 Å². The highest BCUT2D eigenvalue weighted by Gasteiger charge is 2.23. The van der Waals surface area contributed by atoms with E-state index in [1.807, 2.05) is 0 Å². The Kier molecular flexibility index (Phi) is 3.66. The molecule has 2 aliphatic rings. The molecule has 16 heavy (non-hydrogen) atoms. The number of sulfone groups is 1. The van der Waals surface area contributed by atoms with Crippen molar-refractivity contribution in [1.82, 2.24) is 10.2 Å². The molecule has 0 unspecified atom stereocenters. The van der Waals surface area contributed by atoms with E-state index >= 15 is 0 Å². The highest BCUT2D eigenvalue weighted by Crippen LogP contribution is 2.18. The summed E-state index contributed by atoms with van der Waals surface area (Å²) >= 11 is 0. The molecule has 1 aliphatic heterocycles. The minimum Gasteiger partial charge on any atom is -0.310 e. The third-order valence-electron chi connectivity index (χ3n) is 3.10. The van der Waals surface area contributed by atoms with Crippen molar-refractivity contribution >= 4 is 9.84 Å². The number of nitrogens with one attached hydrogen (secondary N) is 1. The fraction of sp³-hybridized carbons (Fsp3) is 0.818. The van der Waals surface area contributed by atoms with Gasteiger partial charge in [-0.2, -0.15) is 0 Å². The summed E-state index contributed by atoms with van der Waals surface area (Å²) < 4.78 is 22.5. The molecule has 92 valence electrons. The van der Waals surface area contributed by atoms with Crippen LogP contribution in [0.25, 0.3) is 0 Å². The zero-order valence-corrected chi connectivity index (χ0v) is 10.4. The average Bonchev–Trinajstić information content (AvgIpc) is 3.02. The fourth-order valence-corrected chi connectivity index (χ4v) is 3.13. The fourth-order valence-electron chi connectivity index (χ4n) is 1.86. The molecule has 0 aromatic heterocycles. The van der Waals surface area contributed by atoms with Crippen LogP contribution < -0.4 is 5.32 Å². The minimum atomic E-state index is -2.75. The molecule has 1 saturated heterocycles. The van der Waals surface area contributed by atoms with Crippen molar-refractivity contribution in [2.24, 2.45) is 0 Å². The second kappa shape index (κ2) is 4.85. The lowest BCUT2D eigenvalue weighted by molar-refractivity contribution is 0.317. The van der Waals surface area contributed by atoms with Crippen LogP contribution in [-0.2, 0) is 9.84 Å². The predicted octanol–water partition coefficient (Wildman–Crippen LogP) is 0.0250. The van der Waals surface area contributed by atoms with Gasteiger partial charge in [0.2, 0.25) is 0 Å². The van der Waals surface area contributed by atoms with Crippen LogP contribution >= 0.6 is 0 Å². The molecule has 0 aromatic carbocycles. The minimum absolute atomic E-state index is 0.302. The molecule has 0 bridgehead atoms. The summed E-state index contributed by atoms with van der Waals surface area (Å²) in [6.07, 6.45) is 2.57. The average molecular weight is 244 g/mol. The van der Waals surface area contributed by atoms with Gasteiger partial charge in [0.1, 0.15) is 0 Å². The Balaban J connectivity index is 1.67. The number of hydrogen-bond donors (Lipinski definition) is 1. The zero-order chi connectivity index (χ0) is 11.6.